The van der Waals surface area contributed by atoms with Crippen molar-refractivity contribution in [1.29, 1.82) is 0 Å². The van der Waals surface area contributed by atoms with Crippen molar-refractivity contribution in [3.05, 3.63) is 310 Å². The lowest BCUT2D eigenvalue weighted by molar-refractivity contribution is 0.768. The molecule has 2 heteroatoms. The molecule has 69 heavy (non-hydrogen) atoms. The zero-order valence-electron chi connectivity index (χ0n) is 39.4. The first-order valence-electron chi connectivity index (χ1n) is 24.2. The van der Waals surface area contributed by atoms with E-state index in [2.05, 4.69) is 291 Å². The molecule has 0 amide bonds. The fourth-order valence-electron chi connectivity index (χ4n) is 11.6. The summed E-state index contributed by atoms with van der Waals surface area (Å²) in [7, 11) is -1.64. The summed E-state index contributed by atoms with van der Waals surface area (Å²) < 4.78 is 0. The van der Waals surface area contributed by atoms with E-state index in [1.807, 2.05) is 0 Å². The average molecular weight is 900 g/mol. The lowest BCUT2D eigenvalue weighted by Crippen LogP contribution is -2.39. The molecule has 330 valence electrons. The summed E-state index contributed by atoms with van der Waals surface area (Å²) in [4.78, 5) is 2.38. The van der Waals surface area contributed by atoms with Gasteiger partial charge in [-0.05, 0) is 126 Å². The Morgan fingerprint density at radius 1 is 0.304 bits per heavy atom. The molecule has 10 aromatic carbocycles. The van der Waals surface area contributed by atoms with Gasteiger partial charge in [-0.2, -0.15) is 0 Å². The fourth-order valence-corrected chi connectivity index (χ4v) is 12.8. The Morgan fingerprint density at radius 2 is 0.623 bits per heavy atom. The number of fused-ring (bicyclic) bond motifs is 6. The number of nitrogens with zero attached hydrogens (tertiary/aromatic N) is 1. The topological polar surface area (TPSA) is 3.24 Å². The van der Waals surface area contributed by atoms with E-state index in [9.17, 15) is 0 Å². The van der Waals surface area contributed by atoms with Crippen LogP contribution in [0.2, 0.25) is 19.6 Å². The van der Waals surface area contributed by atoms with Crippen molar-refractivity contribution in [2.24, 2.45) is 0 Å². The van der Waals surface area contributed by atoms with E-state index in [-0.39, 0.29) is 0 Å². The summed E-state index contributed by atoms with van der Waals surface area (Å²) in [6.45, 7) is 7.36. The Morgan fingerprint density at radius 3 is 1.00 bits per heavy atom. The average Bonchev–Trinajstić information content (AvgIpc) is 3.86. The summed E-state index contributed by atoms with van der Waals surface area (Å²) in [5.74, 6) is 0. The highest BCUT2D eigenvalue weighted by molar-refractivity contribution is 6.88. The van der Waals surface area contributed by atoms with Gasteiger partial charge >= 0.3 is 0 Å². The molecule has 0 N–H and O–H groups in total. The van der Waals surface area contributed by atoms with Crippen molar-refractivity contribution in [1.82, 2.24) is 0 Å². The van der Waals surface area contributed by atoms with E-state index < -0.39 is 18.9 Å². The maximum absolute atomic E-state index is 2.55. The van der Waals surface area contributed by atoms with Crippen molar-refractivity contribution >= 4 is 42.5 Å². The van der Waals surface area contributed by atoms with Crippen LogP contribution in [-0.2, 0) is 10.8 Å². The quantitative estimate of drug-likeness (QED) is 0.0976. The van der Waals surface area contributed by atoms with Crippen LogP contribution in [0.1, 0.15) is 55.6 Å². The summed E-state index contributed by atoms with van der Waals surface area (Å²) in [5, 5.41) is 1.48. The second-order valence-corrected chi connectivity index (χ2v) is 24.7. The Kier molecular flexibility index (Phi) is 10.4. The van der Waals surface area contributed by atoms with Crippen molar-refractivity contribution in [3.63, 3.8) is 0 Å². The Bertz CT molecular complexity index is 3380. The van der Waals surface area contributed by atoms with Crippen LogP contribution in [0, 0.1) is 0 Å². The van der Waals surface area contributed by atoms with Crippen LogP contribution in [0.5, 0.6) is 0 Å². The Labute approximate surface area is 408 Å². The summed E-state index contributed by atoms with van der Waals surface area (Å²) in [5.41, 5.74) is 20.1. The minimum Gasteiger partial charge on any atom is -0.310 e. The molecule has 0 aromatic heterocycles. The number of benzene rings is 10. The maximum Gasteiger partial charge on any atom is 0.0776 e. The van der Waals surface area contributed by atoms with Gasteiger partial charge < -0.3 is 4.90 Å². The Hall–Kier alpha value is -8.04. The van der Waals surface area contributed by atoms with Gasteiger partial charge in [0.15, 0.2) is 0 Å². The summed E-state index contributed by atoms with van der Waals surface area (Å²) in [6.07, 6.45) is 4.64. The van der Waals surface area contributed by atoms with Crippen LogP contribution < -0.4 is 10.1 Å². The molecule has 0 radical (unpaired) electrons. The van der Waals surface area contributed by atoms with Gasteiger partial charge in [-0.15, -0.1) is 0 Å². The molecule has 0 aliphatic heterocycles. The van der Waals surface area contributed by atoms with Crippen LogP contribution in [0.4, 0.5) is 17.1 Å². The van der Waals surface area contributed by atoms with Crippen LogP contribution in [0.3, 0.4) is 0 Å². The van der Waals surface area contributed by atoms with Crippen LogP contribution >= 0.6 is 0 Å². The zero-order chi connectivity index (χ0) is 46.6. The summed E-state index contributed by atoms with van der Waals surface area (Å²) in [6, 6.07) is 94.8. The van der Waals surface area contributed by atoms with E-state index >= 15 is 0 Å². The molecular weight excluding hydrogens is 847 g/mol. The number of hydrogen-bond donors (Lipinski definition) is 0. The third-order valence-electron chi connectivity index (χ3n) is 14.8. The van der Waals surface area contributed by atoms with E-state index in [0.29, 0.717) is 0 Å². The predicted molar refractivity (Wildman–Crippen MR) is 294 cm³/mol. The normalized spacial score (nSPS) is 13.9. The molecule has 0 saturated carbocycles. The van der Waals surface area contributed by atoms with Crippen molar-refractivity contribution in [2.45, 2.75) is 30.5 Å². The molecule has 10 aromatic rings. The number of para-hydroxylation sites is 2. The zero-order valence-corrected chi connectivity index (χ0v) is 40.4. The van der Waals surface area contributed by atoms with Crippen molar-refractivity contribution in [2.75, 3.05) is 4.90 Å². The SMILES string of the molecule is C[Si](C)(C)c1ccc2c(c1)C(c1ccccc1)(c1ccccc1)c1cc(/C=C/c3ccc4c(c3)C(c3ccccc3)(c3ccccc3)c3cc(N(c5ccccc5)c5ccccc5)ccc3-4)ccc1-2. The highest BCUT2D eigenvalue weighted by Gasteiger charge is 2.48. The van der Waals surface area contributed by atoms with Crippen LogP contribution in [-0.4, -0.2) is 8.07 Å². The first kappa shape index (κ1) is 42.3. The standard InChI is InChI=1S/C67H53NSi/c1-69(2,3)57-39-43-61-59-41-37-49(45-63(59)67(65(61)47-57,52-26-14-6-15-27-52)53-28-16-7-17-29-53)35-34-48-36-40-58-60-42-38-56(68(54-30-18-8-19-31-54)55-32-20-9-21-33-55)46-64(60)66(62(58)44-48,50-22-10-4-11-23-50)51-24-12-5-13-25-51/h4-47H,1-3H3/b35-34+. The van der Waals surface area contributed by atoms with Crippen molar-refractivity contribution < 1.29 is 0 Å². The fraction of sp³-hybridized carbons (Fsp3) is 0.0746. The molecular formula is C67H53NSi. The van der Waals surface area contributed by atoms with E-state index in [4.69, 9.17) is 0 Å². The van der Waals surface area contributed by atoms with Crippen LogP contribution in [0.25, 0.3) is 34.4 Å². The lowest BCUT2D eigenvalue weighted by atomic mass is 9.67. The molecule has 0 heterocycles. The monoisotopic (exact) mass is 899 g/mol. The molecule has 0 saturated heterocycles. The van der Waals surface area contributed by atoms with Crippen LogP contribution in [0.15, 0.2) is 255 Å². The minimum atomic E-state index is -1.64. The third kappa shape index (κ3) is 6.89. The van der Waals surface area contributed by atoms with Crippen molar-refractivity contribution in [3.8, 4) is 22.3 Å². The maximum atomic E-state index is 2.55. The molecule has 0 spiro atoms. The van der Waals surface area contributed by atoms with E-state index in [1.54, 1.807) is 0 Å². The molecule has 1 nitrogen and oxygen atoms in total. The molecule has 12 rings (SSSR count). The minimum absolute atomic E-state index is 0.466. The number of anilines is 3. The van der Waals surface area contributed by atoms with Gasteiger partial charge in [0.2, 0.25) is 0 Å². The van der Waals surface area contributed by atoms with Gasteiger partial charge in [-0.3, -0.25) is 0 Å². The number of rotatable bonds is 10. The highest BCUT2D eigenvalue weighted by Crippen LogP contribution is 2.59. The molecule has 0 unspecified atom stereocenters. The van der Waals surface area contributed by atoms with Gasteiger partial charge in [0.05, 0.1) is 18.9 Å². The van der Waals surface area contributed by atoms with Gasteiger partial charge in [0.1, 0.15) is 0 Å². The van der Waals surface area contributed by atoms with E-state index in [0.717, 1.165) is 22.6 Å². The largest absolute Gasteiger partial charge is 0.310 e. The molecule has 0 fully saturated rings. The third-order valence-corrected chi connectivity index (χ3v) is 16.8. The van der Waals surface area contributed by atoms with Gasteiger partial charge in [0.25, 0.3) is 0 Å². The second-order valence-electron chi connectivity index (χ2n) is 19.7. The molecule has 0 bridgehead atoms. The number of hydrogen-bond acceptors (Lipinski definition) is 1. The highest BCUT2D eigenvalue weighted by atomic mass is 28.3. The smallest absolute Gasteiger partial charge is 0.0776 e. The molecule has 2 aliphatic rings. The first-order valence-corrected chi connectivity index (χ1v) is 27.7. The molecule has 2 aliphatic carbocycles. The first-order chi connectivity index (χ1) is 33.8. The molecule has 0 atom stereocenters. The lowest BCUT2D eigenvalue weighted by Gasteiger charge is -2.35. The van der Waals surface area contributed by atoms with Gasteiger partial charge in [-0.1, -0.05) is 243 Å². The second kappa shape index (κ2) is 16.9. The predicted octanol–water partition coefficient (Wildman–Crippen LogP) is 16.6. The van der Waals surface area contributed by atoms with Gasteiger partial charge in [-0.25, -0.2) is 0 Å². The van der Waals surface area contributed by atoms with E-state index in [1.165, 1.54) is 77.5 Å². The van der Waals surface area contributed by atoms with Gasteiger partial charge in [0, 0.05) is 17.1 Å². The Balaban J connectivity index is 1.02. The summed E-state index contributed by atoms with van der Waals surface area (Å²) >= 11 is 0.